The number of carbonyl (C=O) groups excluding carboxylic acids is 1. The number of amides is 1. The van der Waals surface area contributed by atoms with Gasteiger partial charge >= 0.3 is 0 Å². The zero-order valence-corrected chi connectivity index (χ0v) is 12.3. The van der Waals surface area contributed by atoms with E-state index >= 15 is 0 Å². The third-order valence-corrected chi connectivity index (χ3v) is 3.23. The Morgan fingerprint density at radius 2 is 1.86 bits per heavy atom. The predicted molar refractivity (Wildman–Crippen MR) is 83.4 cm³/mol. The zero-order valence-electron chi connectivity index (χ0n) is 12.3. The number of aromatic nitrogens is 4. The molecule has 0 aliphatic heterocycles. The maximum Gasteiger partial charge on any atom is 0.256 e. The fourth-order valence-electron chi connectivity index (χ4n) is 2.15. The van der Waals surface area contributed by atoms with Gasteiger partial charge in [0.25, 0.3) is 5.91 Å². The monoisotopic (exact) mass is 293 g/mol. The Bertz CT molecular complexity index is 807. The lowest BCUT2D eigenvalue weighted by molar-refractivity contribution is 0.102. The minimum Gasteiger partial charge on any atom is -0.319 e. The molecule has 3 aromatic rings. The van der Waals surface area contributed by atoms with Crippen molar-refractivity contribution in [3.05, 3.63) is 60.4 Å². The van der Waals surface area contributed by atoms with Crippen LogP contribution in [0.5, 0.6) is 0 Å². The molecule has 0 saturated carbocycles. The smallest absolute Gasteiger partial charge is 0.256 e. The molecule has 6 heteroatoms. The summed E-state index contributed by atoms with van der Waals surface area (Å²) in [5, 5.41) is 6.87. The van der Waals surface area contributed by atoms with E-state index in [4.69, 9.17) is 0 Å². The molecule has 22 heavy (non-hydrogen) atoms. The zero-order chi connectivity index (χ0) is 15.5. The number of aryl methyl sites for hydroxylation is 2. The molecule has 2 heterocycles. The molecular weight excluding hydrogens is 278 g/mol. The van der Waals surface area contributed by atoms with E-state index in [0.717, 1.165) is 11.1 Å². The van der Waals surface area contributed by atoms with Gasteiger partial charge in [0.05, 0.1) is 11.9 Å². The fraction of sp³-hybridized carbons (Fsp3) is 0.125. The number of carbonyl (C=O) groups is 1. The molecule has 6 nitrogen and oxygen atoms in total. The highest BCUT2D eigenvalue weighted by Crippen LogP contribution is 2.23. The van der Waals surface area contributed by atoms with Crippen molar-refractivity contribution in [2.75, 3.05) is 5.32 Å². The molecule has 110 valence electrons. The van der Waals surface area contributed by atoms with Crippen LogP contribution in [-0.2, 0) is 7.05 Å². The predicted octanol–water partition coefficient (Wildman–Crippen LogP) is 2.44. The van der Waals surface area contributed by atoms with E-state index in [0.29, 0.717) is 17.1 Å². The largest absolute Gasteiger partial charge is 0.319 e. The van der Waals surface area contributed by atoms with Crippen LogP contribution in [0.1, 0.15) is 16.2 Å². The molecule has 0 spiro atoms. The van der Waals surface area contributed by atoms with E-state index in [9.17, 15) is 4.79 Å². The second-order valence-electron chi connectivity index (χ2n) is 4.92. The van der Waals surface area contributed by atoms with Gasteiger partial charge in [0.2, 0.25) is 0 Å². The Hall–Kier alpha value is -3.02. The maximum atomic E-state index is 12.5. The highest BCUT2D eigenvalue weighted by atomic mass is 16.1. The molecule has 1 N–H and O–H groups in total. The average molecular weight is 293 g/mol. The van der Waals surface area contributed by atoms with Crippen LogP contribution in [0.4, 0.5) is 5.69 Å². The van der Waals surface area contributed by atoms with E-state index < -0.39 is 0 Å². The number of anilines is 1. The molecule has 2 aromatic heterocycles. The average Bonchev–Trinajstić information content (AvgIpc) is 2.93. The van der Waals surface area contributed by atoms with Crippen molar-refractivity contribution in [3.8, 4) is 11.1 Å². The fourth-order valence-corrected chi connectivity index (χ4v) is 2.15. The van der Waals surface area contributed by atoms with Crippen LogP contribution in [0.3, 0.4) is 0 Å². The lowest BCUT2D eigenvalue weighted by Gasteiger charge is -2.09. The first-order valence-corrected chi connectivity index (χ1v) is 6.81. The van der Waals surface area contributed by atoms with Gasteiger partial charge in [-0.05, 0) is 18.6 Å². The van der Waals surface area contributed by atoms with Crippen molar-refractivity contribution < 1.29 is 4.79 Å². The lowest BCUT2D eigenvalue weighted by atomic mass is 10.0. The first-order valence-electron chi connectivity index (χ1n) is 6.81. The number of benzene rings is 1. The molecule has 1 aromatic carbocycles. The summed E-state index contributed by atoms with van der Waals surface area (Å²) in [4.78, 5) is 20.9. The third kappa shape index (κ3) is 2.85. The van der Waals surface area contributed by atoms with Gasteiger partial charge in [0.15, 0.2) is 0 Å². The summed E-state index contributed by atoms with van der Waals surface area (Å²) in [6.45, 7) is 1.82. The third-order valence-electron chi connectivity index (χ3n) is 3.23. The van der Waals surface area contributed by atoms with Crippen molar-refractivity contribution >= 4 is 11.6 Å². The van der Waals surface area contributed by atoms with Crippen LogP contribution in [0.25, 0.3) is 11.1 Å². The van der Waals surface area contributed by atoms with Crippen LogP contribution in [-0.4, -0.2) is 25.7 Å². The molecule has 0 saturated heterocycles. The number of nitrogens with one attached hydrogen (secondary N) is 1. The molecule has 0 atom stereocenters. The highest BCUT2D eigenvalue weighted by molar-refractivity contribution is 6.08. The SMILES string of the molecule is Cc1ncc(-c2ccccc2C(=O)Nc2cnn(C)c2)cn1. The van der Waals surface area contributed by atoms with Gasteiger partial charge < -0.3 is 5.32 Å². The van der Waals surface area contributed by atoms with Gasteiger partial charge in [-0.25, -0.2) is 9.97 Å². The minimum absolute atomic E-state index is 0.191. The summed E-state index contributed by atoms with van der Waals surface area (Å²) in [7, 11) is 1.80. The topological polar surface area (TPSA) is 72.7 Å². The van der Waals surface area contributed by atoms with E-state index in [-0.39, 0.29) is 5.91 Å². The van der Waals surface area contributed by atoms with E-state index in [1.807, 2.05) is 25.1 Å². The van der Waals surface area contributed by atoms with Crippen LogP contribution >= 0.6 is 0 Å². The van der Waals surface area contributed by atoms with Crippen molar-refractivity contribution in [3.63, 3.8) is 0 Å². The van der Waals surface area contributed by atoms with Crippen LogP contribution < -0.4 is 5.32 Å². The van der Waals surface area contributed by atoms with Gasteiger partial charge in [0, 0.05) is 36.8 Å². The first kappa shape index (κ1) is 13.9. The number of hydrogen-bond donors (Lipinski definition) is 1. The number of hydrogen-bond acceptors (Lipinski definition) is 4. The van der Waals surface area contributed by atoms with Crippen LogP contribution in [0.15, 0.2) is 49.1 Å². The Morgan fingerprint density at radius 3 is 2.55 bits per heavy atom. The summed E-state index contributed by atoms with van der Waals surface area (Å²) >= 11 is 0. The van der Waals surface area contributed by atoms with Crippen molar-refractivity contribution in [2.45, 2.75) is 6.92 Å². The second kappa shape index (κ2) is 5.77. The van der Waals surface area contributed by atoms with Crippen molar-refractivity contribution in [2.24, 2.45) is 7.05 Å². The summed E-state index contributed by atoms with van der Waals surface area (Å²) < 4.78 is 1.63. The molecule has 1 amide bonds. The molecule has 0 radical (unpaired) electrons. The summed E-state index contributed by atoms with van der Waals surface area (Å²) in [6, 6.07) is 7.37. The Morgan fingerprint density at radius 1 is 1.14 bits per heavy atom. The van der Waals surface area contributed by atoms with Gasteiger partial charge in [-0.1, -0.05) is 18.2 Å². The molecule has 0 fully saturated rings. The molecule has 0 bridgehead atoms. The molecule has 0 aliphatic carbocycles. The quantitative estimate of drug-likeness (QED) is 0.805. The van der Waals surface area contributed by atoms with Gasteiger partial charge in [0.1, 0.15) is 5.82 Å². The van der Waals surface area contributed by atoms with E-state index in [1.165, 1.54) is 0 Å². The molecule has 3 rings (SSSR count). The van der Waals surface area contributed by atoms with Gasteiger partial charge in [-0.15, -0.1) is 0 Å². The van der Waals surface area contributed by atoms with Gasteiger partial charge in [-0.2, -0.15) is 5.10 Å². The molecule has 0 unspecified atom stereocenters. The second-order valence-corrected chi connectivity index (χ2v) is 4.92. The highest BCUT2D eigenvalue weighted by Gasteiger charge is 2.13. The number of nitrogens with zero attached hydrogens (tertiary/aromatic N) is 4. The summed E-state index contributed by atoms with van der Waals surface area (Å²) in [5.74, 6) is 0.505. The number of rotatable bonds is 3. The Balaban J connectivity index is 1.93. The molecular formula is C16H15N5O. The van der Waals surface area contributed by atoms with E-state index in [1.54, 1.807) is 42.6 Å². The summed E-state index contributed by atoms with van der Waals surface area (Å²) in [6.07, 6.45) is 6.79. The standard InChI is InChI=1S/C16H15N5O/c1-11-17-7-12(8-18-11)14-5-3-4-6-15(14)16(22)20-13-9-19-21(2)10-13/h3-10H,1-2H3,(H,20,22). The first-order chi connectivity index (χ1) is 10.6. The van der Waals surface area contributed by atoms with Gasteiger partial charge in [-0.3, -0.25) is 9.48 Å². The van der Waals surface area contributed by atoms with Crippen molar-refractivity contribution in [1.29, 1.82) is 0 Å². The minimum atomic E-state index is -0.191. The maximum absolute atomic E-state index is 12.5. The van der Waals surface area contributed by atoms with Crippen LogP contribution in [0, 0.1) is 6.92 Å². The Labute approximate surface area is 127 Å². The van der Waals surface area contributed by atoms with Crippen molar-refractivity contribution in [1.82, 2.24) is 19.7 Å². The van der Waals surface area contributed by atoms with E-state index in [2.05, 4.69) is 20.4 Å². The summed E-state index contributed by atoms with van der Waals surface area (Å²) in [5.41, 5.74) is 2.83. The Kier molecular flexibility index (Phi) is 3.65. The normalized spacial score (nSPS) is 10.5. The molecule has 0 aliphatic rings. The lowest BCUT2D eigenvalue weighted by Crippen LogP contribution is -2.12. The van der Waals surface area contributed by atoms with Crippen LogP contribution in [0.2, 0.25) is 0 Å².